The smallest absolute Gasteiger partial charge is 0.264 e. The minimum atomic E-state index is -4.15. The van der Waals surface area contributed by atoms with Crippen LogP contribution in [0.25, 0.3) is 0 Å². The van der Waals surface area contributed by atoms with E-state index in [9.17, 15) is 18.0 Å². The summed E-state index contributed by atoms with van der Waals surface area (Å²) in [5.74, 6) is -0.778. The summed E-state index contributed by atoms with van der Waals surface area (Å²) < 4.78 is 30.4. The van der Waals surface area contributed by atoms with Crippen molar-refractivity contribution in [3.8, 4) is 0 Å². The van der Waals surface area contributed by atoms with Crippen LogP contribution in [0, 0.1) is 20.8 Å². The van der Waals surface area contributed by atoms with Crippen LogP contribution in [0.3, 0.4) is 0 Å². The number of carbonyl (C=O) groups is 2. The molecule has 0 aliphatic rings. The van der Waals surface area contributed by atoms with Crippen LogP contribution in [0.15, 0.2) is 106 Å². The molecule has 0 saturated heterocycles. The van der Waals surface area contributed by atoms with Crippen molar-refractivity contribution >= 4 is 43.5 Å². The van der Waals surface area contributed by atoms with Gasteiger partial charge in [-0.25, -0.2) is 8.42 Å². The maximum Gasteiger partial charge on any atom is 0.264 e. The molecule has 0 heterocycles. The number of hydrogen-bond acceptors (Lipinski definition) is 4. The molecule has 4 rings (SSSR count). The maximum atomic E-state index is 14.5. The van der Waals surface area contributed by atoms with E-state index in [1.165, 1.54) is 4.90 Å². The number of sulfonamides is 1. The highest BCUT2D eigenvalue weighted by atomic mass is 79.9. The fraction of sp³-hybridized carbons (Fsp3) is 0.278. The molecule has 4 aromatic carbocycles. The summed E-state index contributed by atoms with van der Waals surface area (Å²) in [6.45, 7) is 7.79. The van der Waals surface area contributed by atoms with Gasteiger partial charge in [0.25, 0.3) is 10.0 Å². The number of amides is 2. The van der Waals surface area contributed by atoms with E-state index >= 15 is 0 Å². The van der Waals surface area contributed by atoms with Crippen molar-refractivity contribution in [1.82, 2.24) is 10.2 Å². The van der Waals surface area contributed by atoms with Gasteiger partial charge in [0, 0.05) is 24.0 Å². The van der Waals surface area contributed by atoms with Gasteiger partial charge in [0.2, 0.25) is 11.8 Å². The third-order valence-corrected chi connectivity index (χ3v) is 10.0. The van der Waals surface area contributed by atoms with Gasteiger partial charge in [0.1, 0.15) is 12.6 Å². The van der Waals surface area contributed by atoms with Crippen molar-refractivity contribution < 1.29 is 18.0 Å². The lowest BCUT2D eigenvalue weighted by Gasteiger charge is -2.34. The first kappa shape index (κ1) is 33.9. The zero-order valence-electron chi connectivity index (χ0n) is 26.2. The Morgan fingerprint density at radius 3 is 2.16 bits per heavy atom. The molecule has 9 heteroatoms. The van der Waals surface area contributed by atoms with Gasteiger partial charge in [-0.05, 0) is 85.8 Å². The highest BCUT2D eigenvalue weighted by Crippen LogP contribution is 2.27. The van der Waals surface area contributed by atoms with E-state index < -0.39 is 28.5 Å². The van der Waals surface area contributed by atoms with Crippen LogP contribution in [0.1, 0.15) is 41.2 Å². The van der Waals surface area contributed by atoms with E-state index in [0.29, 0.717) is 12.2 Å². The normalized spacial score (nSPS) is 11.9. The van der Waals surface area contributed by atoms with Gasteiger partial charge >= 0.3 is 0 Å². The van der Waals surface area contributed by atoms with Crippen LogP contribution in [0.2, 0.25) is 0 Å². The zero-order valence-corrected chi connectivity index (χ0v) is 28.6. The first-order chi connectivity index (χ1) is 21.5. The number of rotatable bonds is 13. The van der Waals surface area contributed by atoms with Gasteiger partial charge in [0.05, 0.1) is 10.6 Å². The number of benzene rings is 4. The summed E-state index contributed by atoms with van der Waals surface area (Å²) in [6, 6.07) is 28.1. The summed E-state index contributed by atoms with van der Waals surface area (Å²) in [4.78, 5) is 29.9. The third kappa shape index (κ3) is 8.83. The van der Waals surface area contributed by atoms with E-state index in [2.05, 4.69) is 21.2 Å². The molecular weight excluding hydrogens is 650 g/mol. The van der Waals surface area contributed by atoms with Gasteiger partial charge in [-0.3, -0.25) is 13.9 Å². The minimum Gasteiger partial charge on any atom is -0.354 e. The molecule has 1 unspecified atom stereocenters. The Labute approximate surface area is 275 Å². The van der Waals surface area contributed by atoms with Gasteiger partial charge in [0.15, 0.2) is 0 Å². The van der Waals surface area contributed by atoms with Crippen molar-refractivity contribution in [2.75, 3.05) is 17.4 Å². The Hall–Kier alpha value is -3.95. The minimum absolute atomic E-state index is 0.0826. The van der Waals surface area contributed by atoms with Crippen LogP contribution in [-0.4, -0.2) is 44.3 Å². The first-order valence-corrected chi connectivity index (χ1v) is 17.2. The molecule has 0 radical (unpaired) electrons. The lowest BCUT2D eigenvalue weighted by Crippen LogP contribution is -2.53. The molecule has 7 nitrogen and oxygen atoms in total. The largest absolute Gasteiger partial charge is 0.354 e. The monoisotopic (exact) mass is 689 g/mol. The van der Waals surface area contributed by atoms with Crippen LogP contribution >= 0.6 is 15.9 Å². The Morgan fingerprint density at radius 2 is 1.51 bits per heavy atom. The molecule has 0 fully saturated rings. The van der Waals surface area contributed by atoms with Crippen molar-refractivity contribution in [1.29, 1.82) is 0 Å². The molecule has 0 spiro atoms. The number of aryl methyl sites for hydroxylation is 3. The van der Waals surface area contributed by atoms with Gasteiger partial charge in [-0.1, -0.05) is 89.1 Å². The molecule has 1 N–H and O–H groups in total. The molecule has 0 saturated carbocycles. The second-order valence-electron chi connectivity index (χ2n) is 11.2. The van der Waals surface area contributed by atoms with Crippen molar-refractivity contribution in [3.63, 3.8) is 0 Å². The molecular formula is C36H40BrN3O4S. The summed E-state index contributed by atoms with van der Waals surface area (Å²) in [6.07, 6.45) is 1.00. The Balaban J connectivity index is 1.81. The third-order valence-electron chi connectivity index (χ3n) is 7.73. The van der Waals surface area contributed by atoms with E-state index in [0.717, 1.165) is 43.0 Å². The predicted molar refractivity (Wildman–Crippen MR) is 184 cm³/mol. The van der Waals surface area contributed by atoms with Crippen molar-refractivity contribution in [3.05, 3.63) is 129 Å². The topological polar surface area (TPSA) is 86.8 Å². The molecule has 236 valence electrons. The fourth-order valence-corrected chi connectivity index (χ4v) is 6.85. The number of nitrogens with one attached hydrogen (secondary N) is 1. The number of nitrogens with zero attached hydrogens (tertiary/aromatic N) is 2. The summed E-state index contributed by atoms with van der Waals surface area (Å²) >= 11 is 3.51. The number of carbonyl (C=O) groups excluding carboxylic acids is 2. The second kappa shape index (κ2) is 15.4. The van der Waals surface area contributed by atoms with Gasteiger partial charge < -0.3 is 10.2 Å². The molecule has 0 aliphatic carbocycles. The molecule has 1 atom stereocenters. The van der Waals surface area contributed by atoms with Crippen LogP contribution in [0.5, 0.6) is 0 Å². The number of hydrogen-bond donors (Lipinski definition) is 1. The number of halogens is 1. The zero-order chi connectivity index (χ0) is 32.6. The SMILES string of the molecule is CCCNC(=O)C(Cc1ccccc1)N(Cc1cccc(Br)c1)C(=O)CN(c1ccc(C)c(C)c1)S(=O)(=O)c1ccc(C)cc1. The Kier molecular flexibility index (Phi) is 11.6. The highest BCUT2D eigenvalue weighted by molar-refractivity contribution is 9.10. The van der Waals surface area contributed by atoms with E-state index in [4.69, 9.17) is 0 Å². The van der Waals surface area contributed by atoms with Crippen LogP contribution in [0.4, 0.5) is 5.69 Å². The standard InChI is InChI=1S/C36H40BrN3O4S/c1-5-20-38-36(42)34(23-29-10-7-6-8-11-29)39(24-30-12-9-13-31(37)22-30)35(41)25-40(32-17-16-27(3)28(4)21-32)45(43,44)33-18-14-26(2)15-19-33/h6-19,21-22,34H,5,20,23-25H2,1-4H3,(H,38,42). The molecule has 0 aromatic heterocycles. The average molecular weight is 691 g/mol. The molecule has 45 heavy (non-hydrogen) atoms. The first-order valence-electron chi connectivity index (χ1n) is 15.0. The molecule has 0 aliphatic heterocycles. The molecule has 4 aromatic rings. The average Bonchev–Trinajstić information content (AvgIpc) is 3.02. The molecule has 2 amide bonds. The highest BCUT2D eigenvalue weighted by Gasteiger charge is 2.34. The summed E-state index contributed by atoms with van der Waals surface area (Å²) in [5.41, 5.74) is 4.90. The summed E-state index contributed by atoms with van der Waals surface area (Å²) in [5, 5.41) is 2.97. The fourth-order valence-electron chi connectivity index (χ4n) is 5.00. The lowest BCUT2D eigenvalue weighted by atomic mass is 10.0. The predicted octanol–water partition coefficient (Wildman–Crippen LogP) is 6.74. The van der Waals surface area contributed by atoms with Gasteiger partial charge in [-0.2, -0.15) is 0 Å². The van der Waals surface area contributed by atoms with E-state index in [1.807, 2.05) is 88.4 Å². The second-order valence-corrected chi connectivity index (χ2v) is 14.0. The number of anilines is 1. The summed E-state index contributed by atoms with van der Waals surface area (Å²) in [7, 11) is -4.15. The van der Waals surface area contributed by atoms with Crippen molar-refractivity contribution in [2.24, 2.45) is 0 Å². The Morgan fingerprint density at radius 1 is 0.822 bits per heavy atom. The van der Waals surface area contributed by atoms with Gasteiger partial charge in [-0.15, -0.1) is 0 Å². The maximum absolute atomic E-state index is 14.5. The molecule has 0 bridgehead atoms. The quantitative estimate of drug-likeness (QED) is 0.169. The van der Waals surface area contributed by atoms with Crippen LogP contribution in [-0.2, 0) is 32.6 Å². The lowest BCUT2D eigenvalue weighted by molar-refractivity contribution is -0.140. The van der Waals surface area contributed by atoms with E-state index in [1.54, 1.807) is 36.4 Å². The van der Waals surface area contributed by atoms with Crippen LogP contribution < -0.4 is 9.62 Å². The van der Waals surface area contributed by atoms with E-state index in [-0.39, 0.29) is 23.8 Å². The Bertz CT molecular complexity index is 1730. The van der Waals surface area contributed by atoms with Crippen molar-refractivity contribution in [2.45, 2.75) is 58.0 Å².